The molecule has 0 unspecified atom stereocenters. The maximum atomic E-state index is 11.3. The highest BCUT2D eigenvalue weighted by molar-refractivity contribution is 6.33. The molecule has 88 valence electrons. The van der Waals surface area contributed by atoms with Crippen molar-refractivity contribution in [1.29, 1.82) is 0 Å². The summed E-state index contributed by atoms with van der Waals surface area (Å²) < 4.78 is 5.86. The van der Waals surface area contributed by atoms with Crippen LogP contribution in [0.4, 0.5) is 0 Å². The summed E-state index contributed by atoms with van der Waals surface area (Å²) in [6, 6.07) is 6.59. The van der Waals surface area contributed by atoms with Gasteiger partial charge >= 0.3 is 5.97 Å². The second kappa shape index (κ2) is 4.47. The van der Waals surface area contributed by atoms with Crippen LogP contribution in [0.5, 0.6) is 5.75 Å². The molecular weight excluding hydrogens is 244 g/mol. The van der Waals surface area contributed by atoms with Crippen LogP contribution in [-0.2, 0) is 4.74 Å². The Labute approximate surface area is 102 Å². The molecule has 1 aromatic carbocycles. The van der Waals surface area contributed by atoms with Gasteiger partial charge in [-0.3, -0.25) is 0 Å². The summed E-state index contributed by atoms with van der Waals surface area (Å²) in [5.74, 6) is -0.577. The molecule has 2 aromatic rings. The molecule has 0 aliphatic heterocycles. The zero-order valence-corrected chi connectivity index (χ0v) is 9.68. The Kier molecular flexibility index (Phi) is 3.01. The highest BCUT2D eigenvalue weighted by Crippen LogP contribution is 2.23. The number of benzene rings is 1. The standard InChI is InChI=1S/C11H9ClN2O3/c1-17-11(16)10-7(12)6-14(13-10)8-4-2-3-5-9(8)15/h2-6,15H,1H3. The van der Waals surface area contributed by atoms with Gasteiger partial charge < -0.3 is 9.84 Å². The van der Waals surface area contributed by atoms with Crippen LogP contribution < -0.4 is 0 Å². The first-order chi connectivity index (χ1) is 8.13. The first-order valence-electron chi connectivity index (χ1n) is 4.75. The third kappa shape index (κ3) is 2.09. The van der Waals surface area contributed by atoms with Crippen molar-refractivity contribution in [2.24, 2.45) is 0 Å². The molecule has 0 spiro atoms. The average molecular weight is 253 g/mol. The van der Waals surface area contributed by atoms with Crippen LogP contribution in [0.2, 0.25) is 5.02 Å². The minimum absolute atomic E-state index is 0.0115. The van der Waals surface area contributed by atoms with Crippen LogP contribution in [0.3, 0.4) is 0 Å². The van der Waals surface area contributed by atoms with E-state index >= 15 is 0 Å². The molecule has 0 saturated carbocycles. The highest BCUT2D eigenvalue weighted by Gasteiger charge is 2.17. The summed E-state index contributed by atoms with van der Waals surface area (Å²) >= 11 is 5.86. The summed E-state index contributed by atoms with van der Waals surface area (Å²) in [6.07, 6.45) is 1.43. The van der Waals surface area contributed by atoms with Gasteiger partial charge in [-0.2, -0.15) is 5.10 Å². The molecule has 2 rings (SSSR count). The molecule has 0 amide bonds. The fourth-order valence-corrected chi connectivity index (χ4v) is 1.58. The number of ether oxygens (including phenoxy) is 1. The van der Waals surface area contributed by atoms with E-state index in [9.17, 15) is 9.90 Å². The van der Waals surface area contributed by atoms with Crippen molar-refractivity contribution in [2.75, 3.05) is 7.11 Å². The van der Waals surface area contributed by atoms with Gasteiger partial charge in [-0.05, 0) is 12.1 Å². The van der Waals surface area contributed by atoms with Crippen molar-refractivity contribution < 1.29 is 14.6 Å². The van der Waals surface area contributed by atoms with Gasteiger partial charge in [0.2, 0.25) is 0 Å². The Morgan fingerprint density at radius 3 is 2.82 bits per heavy atom. The lowest BCUT2D eigenvalue weighted by Gasteiger charge is -2.02. The van der Waals surface area contributed by atoms with Gasteiger partial charge in [0.05, 0.1) is 18.3 Å². The fraction of sp³-hybridized carbons (Fsp3) is 0.0909. The SMILES string of the molecule is COC(=O)c1nn(-c2ccccc2O)cc1Cl. The number of esters is 1. The second-order valence-corrected chi connectivity index (χ2v) is 3.66. The number of halogens is 1. The molecule has 0 bridgehead atoms. The molecule has 5 nitrogen and oxygen atoms in total. The number of phenolic OH excluding ortho intramolecular Hbond substituents is 1. The summed E-state index contributed by atoms with van der Waals surface area (Å²) in [7, 11) is 1.25. The van der Waals surface area contributed by atoms with E-state index in [-0.39, 0.29) is 16.5 Å². The molecular formula is C11H9ClN2O3. The number of carbonyl (C=O) groups is 1. The molecule has 6 heteroatoms. The number of hydrogen-bond donors (Lipinski definition) is 1. The van der Waals surface area contributed by atoms with E-state index in [1.807, 2.05) is 0 Å². The van der Waals surface area contributed by atoms with E-state index in [4.69, 9.17) is 11.6 Å². The molecule has 1 N–H and O–H groups in total. The zero-order chi connectivity index (χ0) is 12.4. The van der Waals surface area contributed by atoms with E-state index in [1.165, 1.54) is 24.1 Å². The predicted molar refractivity (Wildman–Crippen MR) is 61.6 cm³/mol. The topological polar surface area (TPSA) is 64.3 Å². The number of rotatable bonds is 2. The van der Waals surface area contributed by atoms with Gasteiger partial charge in [0.1, 0.15) is 11.4 Å². The van der Waals surface area contributed by atoms with E-state index < -0.39 is 5.97 Å². The molecule has 0 aliphatic rings. The lowest BCUT2D eigenvalue weighted by molar-refractivity contribution is 0.0593. The highest BCUT2D eigenvalue weighted by atomic mass is 35.5. The van der Waals surface area contributed by atoms with Crippen LogP contribution in [0.15, 0.2) is 30.5 Å². The smallest absolute Gasteiger partial charge is 0.360 e. The number of para-hydroxylation sites is 2. The molecule has 0 atom stereocenters. The van der Waals surface area contributed by atoms with Crippen LogP contribution in [0, 0.1) is 0 Å². The van der Waals surface area contributed by atoms with E-state index in [2.05, 4.69) is 9.84 Å². The summed E-state index contributed by atoms with van der Waals surface area (Å²) in [5.41, 5.74) is 0.446. The molecule has 1 heterocycles. The first kappa shape index (κ1) is 11.5. The Morgan fingerprint density at radius 1 is 1.47 bits per heavy atom. The van der Waals surface area contributed by atoms with Crippen LogP contribution in [0.25, 0.3) is 5.69 Å². The van der Waals surface area contributed by atoms with E-state index in [0.29, 0.717) is 5.69 Å². The molecule has 0 saturated heterocycles. The minimum Gasteiger partial charge on any atom is -0.506 e. The fourth-order valence-electron chi connectivity index (χ4n) is 1.37. The number of methoxy groups -OCH3 is 1. The Bertz CT molecular complexity index is 566. The van der Waals surface area contributed by atoms with Crippen LogP contribution >= 0.6 is 11.6 Å². The van der Waals surface area contributed by atoms with Crippen molar-refractivity contribution in [3.05, 3.63) is 41.2 Å². The Morgan fingerprint density at radius 2 is 2.18 bits per heavy atom. The maximum Gasteiger partial charge on any atom is 0.360 e. The largest absolute Gasteiger partial charge is 0.506 e. The Hall–Kier alpha value is -2.01. The third-order valence-electron chi connectivity index (χ3n) is 2.18. The third-order valence-corrected chi connectivity index (χ3v) is 2.45. The van der Waals surface area contributed by atoms with Crippen LogP contribution in [-0.4, -0.2) is 28.0 Å². The van der Waals surface area contributed by atoms with Gasteiger partial charge in [-0.15, -0.1) is 0 Å². The van der Waals surface area contributed by atoms with Crippen molar-refractivity contribution in [3.63, 3.8) is 0 Å². The normalized spacial score (nSPS) is 10.2. The van der Waals surface area contributed by atoms with Crippen LogP contribution in [0.1, 0.15) is 10.5 Å². The van der Waals surface area contributed by atoms with Crippen molar-refractivity contribution in [1.82, 2.24) is 9.78 Å². The summed E-state index contributed by atoms with van der Waals surface area (Å²) in [4.78, 5) is 11.3. The number of carbonyl (C=O) groups excluding carboxylic acids is 1. The van der Waals surface area contributed by atoms with Gasteiger partial charge in [0.15, 0.2) is 5.69 Å². The molecule has 17 heavy (non-hydrogen) atoms. The number of aromatic nitrogens is 2. The monoisotopic (exact) mass is 252 g/mol. The summed E-state index contributed by atoms with van der Waals surface area (Å²) in [6.45, 7) is 0. The second-order valence-electron chi connectivity index (χ2n) is 3.25. The van der Waals surface area contributed by atoms with Gasteiger partial charge in [-0.1, -0.05) is 23.7 Å². The van der Waals surface area contributed by atoms with E-state index in [0.717, 1.165) is 0 Å². The lowest BCUT2D eigenvalue weighted by Crippen LogP contribution is -2.04. The van der Waals surface area contributed by atoms with Crippen molar-refractivity contribution in [3.8, 4) is 11.4 Å². The molecule has 1 aromatic heterocycles. The number of hydrogen-bond acceptors (Lipinski definition) is 4. The maximum absolute atomic E-state index is 11.3. The number of phenols is 1. The molecule has 0 aliphatic carbocycles. The van der Waals surface area contributed by atoms with Gasteiger partial charge in [0.25, 0.3) is 0 Å². The first-order valence-corrected chi connectivity index (χ1v) is 5.13. The zero-order valence-electron chi connectivity index (χ0n) is 8.92. The van der Waals surface area contributed by atoms with Gasteiger partial charge in [0, 0.05) is 0 Å². The van der Waals surface area contributed by atoms with Gasteiger partial charge in [-0.25, -0.2) is 9.48 Å². The average Bonchev–Trinajstić information content (AvgIpc) is 2.71. The lowest BCUT2D eigenvalue weighted by atomic mass is 10.3. The van der Waals surface area contributed by atoms with Crippen molar-refractivity contribution >= 4 is 17.6 Å². The van der Waals surface area contributed by atoms with Crippen molar-refractivity contribution in [2.45, 2.75) is 0 Å². The van der Waals surface area contributed by atoms with E-state index in [1.54, 1.807) is 18.2 Å². The summed E-state index contributed by atoms with van der Waals surface area (Å²) in [5, 5.41) is 13.8. The molecule has 0 fully saturated rings. The number of aromatic hydroxyl groups is 1. The Balaban J connectivity index is 2.49. The quantitative estimate of drug-likeness (QED) is 0.831. The molecule has 0 radical (unpaired) electrons. The number of nitrogens with zero attached hydrogens (tertiary/aromatic N) is 2. The predicted octanol–water partition coefficient (Wildman–Crippen LogP) is 2.02. The minimum atomic E-state index is -0.621.